The van der Waals surface area contributed by atoms with Crippen LogP contribution in [-0.4, -0.2) is 11.3 Å². The molecule has 0 amide bonds. The van der Waals surface area contributed by atoms with Crippen LogP contribution in [0, 0.1) is 0 Å². The Balaban J connectivity index is 1.73. The molecular formula is C21H15NO. The van der Waals surface area contributed by atoms with Crippen molar-refractivity contribution < 1.29 is 5.11 Å². The average molecular weight is 297 g/mol. The Morgan fingerprint density at radius 2 is 1.26 bits per heavy atom. The molecule has 110 valence electrons. The van der Waals surface area contributed by atoms with Crippen LogP contribution in [-0.2, 0) is 0 Å². The summed E-state index contributed by atoms with van der Waals surface area (Å²) in [4.78, 5) is 4.46. The molecule has 0 bridgehead atoms. The first-order valence-electron chi connectivity index (χ1n) is 7.54. The number of phenols is 1. The molecule has 0 saturated heterocycles. The van der Waals surface area contributed by atoms with Crippen LogP contribution in [0.5, 0.6) is 5.75 Å². The van der Waals surface area contributed by atoms with Gasteiger partial charge in [0.05, 0.1) is 0 Å². The molecule has 0 saturated carbocycles. The van der Waals surface area contributed by atoms with Gasteiger partial charge in [-0.3, -0.25) is 4.99 Å². The summed E-state index contributed by atoms with van der Waals surface area (Å²) in [6.07, 6.45) is 1.79. The highest BCUT2D eigenvalue weighted by molar-refractivity contribution is 5.93. The van der Waals surface area contributed by atoms with Crippen molar-refractivity contribution in [3.05, 3.63) is 84.4 Å². The van der Waals surface area contributed by atoms with Crippen molar-refractivity contribution in [2.45, 2.75) is 0 Å². The molecular weight excluding hydrogens is 282 g/mol. The molecule has 4 rings (SSSR count). The van der Waals surface area contributed by atoms with Crippen molar-refractivity contribution in [1.82, 2.24) is 0 Å². The summed E-state index contributed by atoms with van der Waals surface area (Å²) in [7, 11) is 0. The van der Waals surface area contributed by atoms with Crippen molar-refractivity contribution in [3.63, 3.8) is 0 Å². The molecule has 4 aromatic rings. The van der Waals surface area contributed by atoms with Gasteiger partial charge in [0.15, 0.2) is 0 Å². The number of fused-ring (bicyclic) bond motifs is 2. The zero-order valence-corrected chi connectivity index (χ0v) is 12.5. The van der Waals surface area contributed by atoms with Crippen LogP contribution in [0.3, 0.4) is 0 Å². The van der Waals surface area contributed by atoms with Crippen LogP contribution in [0.2, 0.25) is 0 Å². The van der Waals surface area contributed by atoms with Gasteiger partial charge in [-0.25, -0.2) is 0 Å². The van der Waals surface area contributed by atoms with Gasteiger partial charge < -0.3 is 5.11 Å². The Morgan fingerprint density at radius 1 is 0.652 bits per heavy atom. The number of rotatable bonds is 2. The molecule has 2 nitrogen and oxygen atoms in total. The van der Waals surface area contributed by atoms with Gasteiger partial charge in [0.2, 0.25) is 0 Å². The molecule has 0 aromatic heterocycles. The first-order valence-corrected chi connectivity index (χ1v) is 7.54. The third-order valence-corrected chi connectivity index (χ3v) is 3.97. The largest absolute Gasteiger partial charge is 0.506 e. The number of phenolic OH excluding ortho intramolecular Hbond substituents is 1. The van der Waals surface area contributed by atoms with Gasteiger partial charge in [-0.05, 0) is 45.3 Å². The minimum Gasteiger partial charge on any atom is -0.506 e. The summed E-state index contributed by atoms with van der Waals surface area (Å²) in [6.45, 7) is 0. The van der Waals surface area contributed by atoms with Gasteiger partial charge in [0.1, 0.15) is 11.4 Å². The van der Waals surface area contributed by atoms with Gasteiger partial charge in [-0.1, -0.05) is 60.7 Å². The second-order valence-electron chi connectivity index (χ2n) is 5.55. The Kier molecular flexibility index (Phi) is 3.28. The molecule has 2 heteroatoms. The first-order chi connectivity index (χ1) is 11.3. The summed E-state index contributed by atoms with van der Waals surface area (Å²) in [6, 6.07) is 26.0. The molecule has 0 heterocycles. The van der Waals surface area contributed by atoms with E-state index in [1.807, 2.05) is 48.5 Å². The second kappa shape index (κ2) is 5.58. The summed E-state index contributed by atoms with van der Waals surface area (Å²) >= 11 is 0. The quantitative estimate of drug-likeness (QED) is 0.490. The smallest absolute Gasteiger partial charge is 0.141 e. The van der Waals surface area contributed by atoms with Gasteiger partial charge in [-0.2, -0.15) is 0 Å². The van der Waals surface area contributed by atoms with E-state index in [0.29, 0.717) is 5.69 Å². The summed E-state index contributed by atoms with van der Waals surface area (Å²) < 4.78 is 0. The predicted molar refractivity (Wildman–Crippen MR) is 96.8 cm³/mol. The maximum atomic E-state index is 10.1. The minimum atomic E-state index is 0.195. The molecule has 0 aliphatic carbocycles. The van der Waals surface area contributed by atoms with Crippen molar-refractivity contribution >= 4 is 33.4 Å². The topological polar surface area (TPSA) is 32.6 Å². The van der Waals surface area contributed by atoms with Crippen LogP contribution in [0.4, 0.5) is 5.69 Å². The normalized spacial score (nSPS) is 11.5. The highest BCUT2D eigenvalue weighted by Gasteiger charge is 2.02. The number of benzene rings is 4. The fourth-order valence-corrected chi connectivity index (χ4v) is 2.75. The van der Waals surface area contributed by atoms with E-state index >= 15 is 0 Å². The van der Waals surface area contributed by atoms with Gasteiger partial charge >= 0.3 is 0 Å². The zero-order valence-electron chi connectivity index (χ0n) is 12.5. The number of aromatic hydroxyl groups is 1. The van der Waals surface area contributed by atoms with Crippen molar-refractivity contribution in [2.75, 3.05) is 0 Å². The zero-order chi connectivity index (χ0) is 15.6. The van der Waals surface area contributed by atoms with E-state index in [1.54, 1.807) is 12.3 Å². The molecule has 0 radical (unpaired) electrons. The average Bonchev–Trinajstić information content (AvgIpc) is 2.59. The standard InChI is InChI=1S/C21H15NO/c23-21-13-19-8-4-3-7-18(19)12-20(21)22-14-15-9-10-16-5-1-2-6-17(16)11-15/h1-14,23H. The molecule has 0 fully saturated rings. The SMILES string of the molecule is Oc1cc2ccccc2cc1N=Cc1ccc2ccccc2c1. The lowest BCUT2D eigenvalue weighted by Gasteiger charge is -2.03. The summed E-state index contributed by atoms with van der Waals surface area (Å²) in [5.41, 5.74) is 1.59. The summed E-state index contributed by atoms with van der Waals surface area (Å²) in [5, 5.41) is 14.6. The third-order valence-electron chi connectivity index (χ3n) is 3.97. The van der Waals surface area contributed by atoms with Crippen LogP contribution in [0.25, 0.3) is 21.5 Å². The van der Waals surface area contributed by atoms with Gasteiger partial charge in [0, 0.05) is 6.21 Å². The maximum Gasteiger partial charge on any atom is 0.141 e. The third kappa shape index (κ3) is 2.67. The van der Waals surface area contributed by atoms with Crippen molar-refractivity contribution in [3.8, 4) is 5.75 Å². The minimum absolute atomic E-state index is 0.195. The Labute approximate surface area is 134 Å². The number of hydrogen-bond donors (Lipinski definition) is 1. The number of nitrogens with zero attached hydrogens (tertiary/aromatic N) is 1. The van der Waals surface area contributed by atoms with E-state index < -0.39 is 0 Å². The van der Waals surface area contributed by atoms with Crippen molar-refractivity contribution in [2.24, 2.45) is 4.99 Å². The molecule has 0 spiro atoms. The molecule has 0 unspecified atom stereocenters. The Morgan fingerprint density at radius 3 is 2.00 bits per heavy atom. The molecule has 1 N–H and O–H groups in total. The van der Waals surface area contributed by atoms with E-state index in [0.717, 1.165) is 16.3 Å². The maximum absolute atomic E-state index is 10.1. The highest BCUT2D eigenvalue weighted by atomic mass is 16.3. The van der Waals surface area contributed by atoms with E-state index in [4.69, 9.17) is 0 Å². The van der Waals surface area contributed by atoms with Gasteiger partial charge in [0.25, 0.3) is 0 Å². The first kappa shape index (κ1) is 13.5. The highest BCUT2D eigenvalue weighted by Crippen LogP contribution is 2.31. The number of hydrogen-bond acceptors (Lipinski definition) is 2. The fourth-order valence-electron chi connectivity index (χ4n) is 2.75. The molecule has 4 aromatic carbocycles. The number of aliphatic imine (C=N–C) groups is 1. The van der Waals surface area contributed by atoms with Crippen molar-refractivity contribution in [1.29, 1.82) is 0 Å². The second-order valence-corrected chi connectivity index (χ2v) is 5.55. The Bertz CT molecular complexity index is 1030. The van der Waals surface area contributed by atoms with Gasteiger partial charge in [-0.15, -0.1) is 0 Å². The lowest BCUT2D eigenvalue weighted by Crippen LogP contribution is -1.82. The Hall–Kier alpha value is -3.13. The fraction of sp³-hybridized carbons (Fsp3) is 0. The van der Waals surface area contributed by atoms with Crippen LogP contribution in [0.15, 0.2) is 83.9 Å². The van der Waals surface area contributed by atoms with E-state index in [9.17, 15) is 5.11 Å². The molecule has 0 aliphatic rings. The van der Waals surface area contributed by atoms with Crippen LogP contribution in [0.1, 0.15) is 5.56 Å². The molecule has 23 heavy (non-hydrogen) atoms. The van der Waals surface area contributed by atoms with Crippen LogP contribution < -0.4 is 0 Å². The summed E-state index contributed by atoms with van der Waals surface area (Å²) in [5.74, 6) is 0.195. The molecule has 0 atom stereocenters. The lowest BCUT2D eigenvalue weighted by atomic mass is 10.1. The monoisotopic (exact) mass is 297 g/mol. The van der Waals surface area contributed by atoms with E-state index in [-0.39, 0.29) is 5.75 Å². The lowest BCUT2D eigenvalue weighted by molar-refractivity contribution is 0.478. The predicted octanol–water partition coefficient (Wildman–Crippen LogP) is 5.45. The van der Waals surface area contributed by atoms with Crippen LogP contribution >= 0.6 is 0 Å². The van der Waals surface area contributed by atoms with E-state index in [1.165, 1.54) is 10.8 Å². The van der Waals surface area contributed by atoms with E-state index in [2.05, 4.69) is 29.3 Å². The molecule has 0 aliphatic heterocycles.